The van der Waals surface area contributed by atoms with Crippen LogP contribution in [0, 0.1) is 12.7 Å². The Balaban J connectivity index is 1.82. The molecular formula is C19H16FN3OS. The molecule has 2 aromatic heterocycles. The molecule has 2 atom stereocenters. The summed E-state index contributed by atoms with van der Waals surface area (Å²) in [5.41, 5.74) is 2.25. The average molecular weight is 353 g/mol. The van der Waals surface area contributed by atoms with E-state index in [1.165, 1.54) is 6.07 Å². The Labute approximate surface area is 150 Å². The number of furan rings is 1. The fourth-order valence-corrected chi connectivity index (χ4v) is 3.51. The van der Waals surface area contributed by atoms with E-state index >= 15 is 0 Å². The van der Waals surface area contributed by atoms with Crippen LogP contribution in [0.2, 0.25) is 0 Å². The van der Waals surface area contributed by atoms with Gasteiger partial charge >= 0.3 is 0 Å². The van der Waals surface area contributed by atoms with Crippen LogP contribution < -0.4 is 10.2 Å². The maximum Gasteiger partial charge on any atom is 0.174 e. The van der Waals surface area contributed by atoms with Gasteiger partial charge in [0.1, 0.15) is 17.6 Å². The van der Waals surface area contributed by atoms with Crippen molar-refractivity contribution in [2.45, 2.75) is 19.0 Å². The highest BCUT2D eigenvalue weighted by atomic mass is 32.1. The lowest BCUT2D eigenvalue weighted by atomic mass is 10.0. The van der Waals surface area contributed by atoms with E-state index in [0.29, 0.717) is 10.7 Å². The smallest absolute Gasteiger partial charge is 0.174 e. The quantitative estimate of drug-likeness (QED) is 0.711. The second kappa shape index (κ2) is 6.29. The molecule has 0 aliphatic carbocycles. The molecule has 0 amide bonds. The first-order valence-electron chi connectivity index (χ1n) is 7.95. The average Bonchev–Trinajstić information content (AvgIpc) is 3.25. The highest BCUT2D eigenvalue weighted by Gasteiger charge is 2.42. The van der Waals surface area contributed by atoms with Gasteiger partial charge in [-0.1, -0.05) is 6.07 Å². The van der Waals surface area contributed by atoms with Crippen LogP contribution in [0.3, 0.4) is 0 Å². The van der Waals surface area contributed by atoms with E-state index in [2.05, 4.69) is 10.3 Å². The molecule has 3 aromatic rings. The van der Waals surface area contributed by atoms with Crippen molar-refractivity contribution in [2.75, 3.05) is 4.90 Å². The molecule has 1 saturated heterocycles. The van der Waals surface area contributed by atoms with E-state index in [-0.39, 0.29) is 17.9 Å². The fraction of sp³-hybridized carbons (Fsp3) is 0.158. The van der Waals surface area contributed by atoms with Gasteiger partial charge in [0.2, 0.25) is 0 Å². The van der Waals surface area contributed by atoms with Crippen LogP contribution in [-0.4, -0.2) is 10.1 Å². The maximum atomic E-state index is 13.7. The zero-order chi connectivity index (χ0) is 17.4. The van der Waals surface area contributed by atoms with Crippen molar-refractivity contribution in [1.82, 2.24) is 10.3 Å². The summed E-state index contributed by atoms with van der Waals surface area (Å²) < 4.78 is 19.4. The Hall–Kier alpha value is -2.73. The molecule has 6 heteroatoms. The monoisotopic (exact) mass is 353 g/mol. The Bertz CT molecular complexity index is 898. The molecule has 1 aromatic carbocycles. The van der Waals surface area contributed by atoms with E-state index < -0.39 is 0 Å². The molecule has 0 radical (unpaired) electrons. The van der Waals surface area contributed by atoms with Gasteiger partial charge in [0.05, 0.1) is 18.0 Å². The summed E-state index contributed by atoms with van der Waals surface area (Å²) in [6.07, 6.45) is 3.39. The van der Waals surface area contributed by atoms with Gasteiger partial charge in [0.25, 0.3) is 0 Å². The number of pyridine rings is 1. The Morgan fingerprint density at radius 2 is 2.08 bits per heavy atom. The van der Waals surface area contributed by atoms with Crippen molar-refractivity contribution in [1.29, 1.82) is 0 Å². The van der Waals surface area contributed by atoms with Crippen LogP contribution in [0.5, 0.6) is 0 Å². The molecule has 25 heavy (non-hydrogen) atoms. The zero-order valence-corrected chi connectivity index (χ0v) is 14.3. The fourth-order valence-electron chi connectivity index (χ4n) is 3.16. The van der Waals surface area contributed by atoms with Gasteiger partial charge in [-0.05, 0) is 67.2 Å². The highest BCUT2D eigenvalue weighted by Crippen LogP contribution is 2.41. The third kappa shape index (κ3) is 2.78. The Morgan fingerprint density at radius 1 is 1.20 bits per heavy atom. The van der Waals surface area contributed by atoms with Gasteiger partial charge in [0, 0.05) is 11.9 Å². The molecule has 1 N–H and O–H groups in total. The first-order chi connectivity index (χ1) is 12.1. The number of aromatic nitrogens is 1. The first kappa shape index (κ1) is 15.8. The summed E-state index contributed by atoms with van der Waals surface area (Å²) in [4.78, 5) is 6.42. The lowest BCUT2D eigenvalue weighted by Gasteiger charge is -2.26. The van der Waals surface area contributed by atoms with Crippen LogP contribution >= 0.6 is 12.2 Å². The second-order valence-corrected chi connectivity index (χ2v) is 6.33. The van der Waals surface area contributed by atoms with Crippen molar-refractivity contribution in [2.24, 2.45) is 0 Å². The van der Waals surface area contributed by atoms with Crippen molar-refractivity contribution < 1.29 is 8.81 Å². The number of anilines is 1. The highest BCUT2D eigenvalue weighted by molar-refractivity contribution is 7.80. The number of hydrogen-bond donors (Lipinski definition) is 1. The predicted molar refractivity (Wildman–Crippen MR) is 97.8 cm³/mol. The molecule has 0 unspecified atom stereocenters. The van der Waals surface area contributed by atoms with Crippen LogP contribution in [0.4, 0.5) is 10.1 Å². The SMILES string of the molecule is Cc1cc(N2C(=S)N[C@@H](c3ccccn3)[C@@H]2c2ccco2)ccc1F. The topological polar surface area (TPSA) is 41.3 Å². The third-order valence-electron chi connectivity index (χ3n) is 4.35. The summed E-state index contributed by atoms with van der Waals surface area (Å²) in [5, 5.41) is 3.89. The van der Waals surface area contributed by atoms with Crippen LogP contribution in [0.25, 0.3) is 0 Å². The van der Waals surface area contributed by atoms with Gasteiger partial charge in [-0.25, -0.2) is 4.39 Å². The summed E-state index contributed by atoms with van der Waals surface area (Å²) in [5.74, 6) is 0.530. The van der Waals surface area contributed by atoms with E-state index in [4.69, 9.17) is 16.6 Å². The molecule has 0 bridgehead atoms. The summed E-state index contributed by atoms with van der Waals surface area (Å²) in [6, 6.07) is 14.1. The van der Waals surface area contributed by atoms with Gasteiger partial charge in [-0.15, -0.1) is 0 Å². The summed E-state index contributed by atoms with van der Waals surface area (Å²) in [7, 11) is 0. The van der Waals surface area contributed by atoms with Gasteiger partial charge in [-0.2, -0.15) is 0 Å². The molecule has 0 spiro atoms. The van der Waals surface area contributed by atoms with Crippen LogP contribution in [0.15, 0.2) is 65.4 Å². The standard InChI is InChI=1S/C19H16FN3OS/c1-12-11-13(7-8-14(12)20)23-18(16-6-4-10-24-16)17(22-19(23)25)15-5-2-3-9-21-15/h2-11,17-18H,1H3,(H,22,25)/t17-,18-/m0/s1. The Kier molecular flexibility index (Phi) is 3.97. The van der Waals surface area contributed by atoms with Crippen LogP contribution in [-0.2, 0) is 0 Å². The number of aryl methyl sites for hydroxylation is 1. The molecule has 1 fully saturated rings. The molecule has 126 valence electrons. The van der Waals surface area contributed by atoms with E-state index in [1.807, 2.05) is 35.2 Å². The zero-order valence-electron chi connectivity index (χ0n) is 13.5. The number of halogens is 1. The second-order valence-electron chi connectivity index (χ2n) is 5.95. The molecule has 4 nitrogen and oxygen atoms in total. The first-order valence-corrected chi connectivity index (χ1v) is 8.36. The minimum atomic E-state index is -0.238. The van der Waals surface area contributed by atoms with Gasteiger partial charge in [-0.3, -0.25) is 4.98 Å². The predicted octanol–water partition coefficient (Wildman–Crippen LogP) is 4.30. The van der Waals surface area contributed by atoms with Gasteiger partial charge < -0.3 is 14.6 Å². The van der Waals surface area contributed by atoms with Gasteiger partial charge in [0.15, 0.2) is 5.11 Å². The Morgan fingerprint density at radius 3 is 2.76 bits per heavy atom. The maximum absolute atomic E-state index is 13.7. The lowest BCUT2D eigenvalue weighted by molar-refractivity contribution is 0.432. The van der Waals surface area contributed by atoms with Crippen molar-refractivity contribution >= 4 is 23.0 Å². The van der Waals surface area contributed by atoms with E-state index in [1.54, 1.807) is 31.5 Å². The largest absolute Gasteiger partial charge is 0.467 e. The number of nitrogens with zero attached hydrogens (tertiary/aromatic N) is 2. The minimum absolute atomic E-state index is 0.162. The molecule has 1 aliphatic rings. The van der Waals surface area contributed by atoms with Crippen LogP contribution in [0.1, 0.15) is 29.1 Å². The van der Waals surface area contributed by atoms with Crippen molar-refractivity contribution in [3.63, 3.8) is 0 Å². The molecular weight excluding hydrogens is 337 g/mol. The number of nitrogens with one attached hydrogen (secondary N) is 1. The number of hydrogen-bond acceptors (Lipinski definition) is 3. The number of rotatable bonds is 3. The number of benzene rings is 1. The van der Waals surface area contributed by atoms with E-state index in [9.17, 15) is 4.39 Å². The summed E-state index contributed by atoms with van der Waals surface area (Å²) in [6.45, 7) is 1.74. The molecule has 1 aliphatic heterocycles. The normalized spacial score (nSPS) is 19.9. The minimum Gasteiger partial charge on any atom is -0.467 e. The summed E-state index contributed by atoms with van der Waals surface area (Å²) >= 11 is 5.58. The molecule has 3 heterocycles. The lowest BCUT2D eigenvalue weighted by Crippen LogP contribution is -2.29. The molecule has 0 saturated carbocycles. The van der Waals surface area contributed by atoms with Crippen molar-refractivity contribution in [3.05, 3.63) is 83.8 Å². The number of thiocarbonyl (C=S) groups is 1. The van der Waals surface area contributed by atoms with E-state index in [0.717, 1.165) is 17.1 Å². The third-order valence-corrected chi connectivity index (χ3v) is 4.67. The molecule has 4 rings (SSSR count). The van der Waals surface area contributed by atoms with Crippen molar-refractivity contribution in [3.8, 4) is 0 Å².